The number of unbranched alkanes of at least 4 members (excludes halogenated alkanes) is 1. The molecule has 24 heavy (non-hydrogen) atoms. The summed E-state index contributed by atoms with van der Waals surface area (Å²) in [6, 6.07) is 2.47. The summed E-state index contributed by atoms with van der Waals surface area (Å²) in [6.45, 7) is 1.85. The van der Waals surface area contributed by atoms with Gasteiger partial charge in [-0.25, -0.2) is 31.3 Å². The van der Waals surface area contributed by atoms with Crippen molar-refractivity contribution in [2.45, 2.75) is 32.8 Å². The van der Waals surface area contributed by atoms with Crippen molar-refractivity contribution >= 4 is 29.4 Å². The third-order valence-corrected chi connectivity index (χ3v) is 3.20. The number of carbonyl (C=O) groups excluding carboxylic acids is 3. The maximum absolute atomic E-state index is 11.6. The molecule has 0 aliphatic heterocycles. The highest BCUT2D eigenvalue weighted by Crippen LogP contribution is 2.25. The number of ether oxygens (including phenoxy) is 1. The summed E-state index contributed by atoms with van der Waals surface area (Å²) in [7, 11) is 0. The van der Waals surface area contributed by atoms with Gasteiger partial charge in [0.05, 0.1) is 11.4 Å². The van der Waals surface area contributed by atoms with Crippen molar-refractivity contribution in [1.29, 1.82) is 0 Å². The van der Waals surface area contributed by atoms with Crippen LogP contribution in [0.1, 0.15) is 31.7 Å². The molecule has 0 saturated heterocycles. The molecule has 8 N–H and O–H groups in total. The van der Waals surface area contributed by atoms with Crippen LogP contribution in [0.4, 0.5) is 21.0 Å². The summed E-state index contributed by atoms with van der Waals surface area (Å²) in [6.07, 6.45) is 1.88. The Hall–Kier alpha value is -2.85. The predicted molar refractivity (Wildman–Crippen MR) is 88.3 cm³/mol. The second-order valence-electron chi connectivity index (χ2n) is 4.99. The molecule has 0 unspecified atom stereocenters. The fourth-order valence-corrected chi connectivity index (χ4v) is 1.85. The summed E-state index contributed by atoms with van der Waals surface area (Å²) < 4.78 is 5.14. The number of hydrazine groups is 2. The van der Waals surface area contributed by atoms with Gasteiger partial charge in [0.25, 0.3) is 0 Å². The summed E-state index contributed by atoms with van der Waals surface area (Å²) in [5, 5.41) is 1.34. The lowest BCUT2D eigenvalue weighted by Gasteiger charge is -2.21. The molecule has 10 nitrogen and oxygen atoms in total. The van der Waals surface area contributed by atoms with Gasteiger partial charge in [0.2, 0.25) is 0 Å². The first-order valence-corrected chi connectivity index (χ1v) is 7.25. The fourth-order valence-electron chi connectivity index (χ4n) is 1.85. The molecule has 0 aliphatic rings. The highest BCUT2D eigenvalue weighted by molar-refractivity contribution is 5.93. The number of nitrogens with zero attached hydrogens (tertiary/aromatic N) is 2. The lowest BCUT2D eigenvalue weighted by atomic mass is 10.1. The normalized spacial score (nSPS) is 10.1. The fraction of sp³-hybridized carbons (Fsp3) is 0.357. The van der Waals surface area contributed by atoms with Crippen molar-refractivity contribution in [3.63, 3.8) is 0 Å². The van der Waals surface area contributed by atoms with E-state index in [-0.39, 0.29) is 24.0 Å². The van der Waals surface area contributed by atoms with Crippen LogP contribution in [0.5, 0.6) is 0 Å². The van der Waals surface area contributed by atoms with Gasteiger partial charge in [0.15, 0.2) is 0 Å². The third-order valence-electron chi connectivity index (χ3n) is 3.20. The van der Waals surface area contributed by atoms with Gasteiger partial charge < -0.3 is 16.2 Å². The Labute approximate surface area is 139 Å². The smallest absolute Gasteiger partial charge is 0.333 e. The van der Waals surface area contributed by atoms with Crippen molar-refractivity contribution in [2.24, 2.45) is 23.2 Å². The SMILES string of the molecule is CCCCC(=O)OCc1ccc(N(N)C(N)=O)cc1N(N)C(N)=O. The number of carbonyl (C=O) groups is 3. The van der Waals surface area contributed by atoms with Crippen LogP contribution in [0.3, 0.4) is 0 Å². The molecule has 4 amide bonds. The average molecular weight is 338 g/mol. The Morgan fingerprint density at radius 1 is 1.08 bits per heavy atom. The third kappa shape index (κ3) is 5.11. The minimum Gasteiger partial charge on any atom is -0.461 e. The molecule has 0 spiro atoms. The van der Waals surface area contributed by atoms with E-state index in [0.717, 1.165) is 12.8 Å². The zero-order chi connectivity index (χ0) is 18.3. The quantitative estimate of drug-likeness (QED) is 0.243. The van der Waals surface area contributed by atoms with Crippen LogP contribution in [0.15, 0.2) is 18.2 Å². The maximum Gasteiger partial charge on any atom is 0.333 e. The number of esters is 1. The van der Waals surface area contributed by atoms with E-state index in [9.17, 15) is 14.4 Å². The van der Waals surface area contributed by atoms with Gasteiger partial charge in [-0.15, -0.1) is 0 Å². The second kappa shape index (κ2) is 8.70. The van der Waals surface area contributed by atoms with Crippen LogP contribution in [0.25, 0.3) is 0 Å². The molecule has 1 rings (SSSR count). The number of anilines is 2. The standard InChI is InChI=1S/C14H22N6O4/c1-2-3-4-12(21)24-8-9-5-6-10(19(17)13(15)22)7-11(9)20(18)14(16)23/h5-7H,2-4,8,17-18H2,1H3,(H2,15,22)(H2,16,23). The van der Waals surface area contributed by atoms with Crippen LogP contribution >= 0.6 is 0 Å². The molecular formula is C14H22N6O4. The number of urea groups is 2. The average Bonchev–Trinajstić information content (AvgIpc) is 2.56. The Kier molecular flexibility index (Phi) is 6.96. The Morgan fingerprint density at radius 3 is 2.25 bits per heavy atom. The van der Waals surface area contributed by atoms with Crippen molar-refractivity contribution < 1.29 is 19.1 Å². The van der Waals surface area contributed by atoms with Gasteiger partial charge in [-0.2, -0.15) is 0 Å². The van der Waals surface area contributed by atoms with Crippen LogP contribution in [0.2, 0.25) is 0 Å². The lowest BCUT2D eigenvalue weighted by molar-refractivity contribution is -0.145. The van der Waals surface area contributed by atoms with Gasteiger partial charge in [-0.1, -0.05) is 19.4 Å². The molecule has 0 aromatic heterocycles. The first-order valence-electron chi connectivity index (χ1n) is 7.25. The zero-order valence-electron chi connectivity index (χ0n) is 13.4. The second-order valence-corrected chi connectivity index (χ2v) is 4.99. The number of primary amides is 2. The number of nitrogens with two attached hydrogens (primary N) is 4. The largest absolute Gasteiger partial charge is 0.461 e. The van der Waals surface area contributed by atoms with E-state index in [0.29, 0.717) is 22.0 Å². The monoisotopic (exact) mass is 338 g/mol. The molecule has 1 aromatic rings. The number of rotatable bonds is 7. The van der Waals surface area contributed by atoms with Crippen molar-refractivity contribution in [3.8, 4) is 0 Å². The summed E-state index contributed by atoms with van der Waals surface area (Å²) >= 11 is 0. The lowest BCUT2D eigenvalue weighted by Crippen LogP contribution is -2.43. The summed E-state index contributed by atoms with van der Waals surface area (Å²) in [5.41, 5.74) is 11.0. The van der Waals surface area contributed by atoms with E-state index < -0.39 is 12.1 Å². The molecule has 0 saturated carbocycles. The van der Waals surface area contributed by atoms with Crippen molar-refractivity contribution in [1.82, 2.24) is 0 Å². The van der Waals surface area contributed by atoms with E-state index in [1.165, 1.54) is 18.2 Å². The minimum atomic E-state index is -0.937. The van der Waals surface area contributed by atoms with Crippen LogP contribution in [-0.2, 0) is 16.1 Å². The topological polar surface area (TPSA) is 171 Å². The molecule has 0 heterocycles. The van der Waals surface area contributed by atoms with Gasteiger partial charge in [0.1, 0.15) is 6.61 Å². The molecule has 0 fully saturated rings. The molecular weight excluding hydrogens is 316 g/mol. The molecule has 1 aromatic carbocycles. The van der Waals surface area contributed by atoms with Gasteiger partial charge >= 0.3 is 18.0 Å². The van der Waals surface area contributed by atoms with Crippen LogP contribution in [0, 0.1) is 0 Å². The van der Waals surface area contributed by atoms with Crippen LogP contribution in [-0.4, -0.2) is 18.0 Å². The van der Waals surface area contributed by atoms with E-state index in [4.69, 9.17) is 27.9 Å². The summed E-state index contributed by atoms with van der Waals surface area (Å²) in [5.74, 6) is 10.8. The molecule has 0 atom stereocenters. The first kappa shape index (κ1) is 19.2. The van der Waals surface area contributed by atoms with E-state index in [1.807, 2.05) is 6.92 Å². The minimum absolute atomic E-state index is 0.111. The first-order chi connectivity index (χ1) is 11.3. The Balaban J connectivity index is 3.03. The van der Waals surface area contributed by atoms with E-state index in [2.05, 4.69) is 0 Å². The van der Waals surface area contributed by atoms with E-state index >= 15 is 0 Å². The number of amides is 4. The Bertz CT molecular complexity index is 621. The highest BCUT2D eigenvalue weighted by atomic mass is 16.5. The number of hydrogen-bond donors (Lipinski definition) is 4. The number of benzene rings is 1. The number of hydrogen-bond acceptors (Lipinski definition) is 6. The zero-order valence-corrected chi connectivity index (χ0v) is 13.4. The molecule has 132 valence electrons. The van der Waals surface area contributed by atoms with Crippen molar-refractivity contribution in [3.05, 3.63) is 23.8 Å². The van der Waals surface area contributed by atoms with E-state index in [1.54, 1.807) is 0 Å². The van der Waals surface area contributed by atoms with Crippen LogP contribution < -0.4 is 33.2 Å². The van der Waals surface area contributed by atoms with Gasteiger partial charge in [-0.3, -0.25) is 4.79 Å². The molecule has 0 radical (unpaired) electrons. The van der Waals surface area contributed by atoms with Gasteiger partial charge in [-0.05, 0) is 18.6 Å². The highest BCUT2D eigenvalue weighted by Gasteiger charge is 2.17. The summed E-state index contributed by atoms with van der Waals surface area (Å²) in [4.78, 5) is 34.1. The molecule has 0 bridgehead atoms. The van der Waals surface area contributed by atoms with Crippen molar-refractivity contribution in [2.75, 3.05) is 10.0 Å². The predicted octanol–water partition coefficient (Wildman–Crippen LogP) is 0.438. The maximum atomic E-state index is 11.6. The molecule has 0 aliphatic carbocycles. The van der Waals surface area contributed by atoms with Gasteiger partial charge in [0, 0.05) is 12.0 Å². The molecule has 10 heteroatoms. The Morgan fingerprint density at radius 2 is 1.71 bits per heavy atom.